The summed E-state index contributed by atoms with van der Waals surface area (Å²) < 4.78 is 19.8. The minimum atomic E-state index is -0.209. The van der Waals surface area contributed by atoms with Gasteiger partial charge in [0.15, 0.2) is 6.54 Å². The maximum atomic E-state index is 14.0. The summed E-state index contributed by atoms with van der Waals surface area (Å²) in [6.07, 6.45) is 2.19. The molecule has 1 amide bonds. The van der Waals surface area contributed by atoms with Gasteiger partial charge in [0.2, 0.25) is 0 Å². The molecule has 2 atom stereocenters. The zero-order chi connectivity index (χ0) is 18.8. The lowest BCUT2D eigenvalue weighted by Crippen LogP contribution is -3.13. The molecule has 1 fully saturated rings. The first kappa shape index (κ1) is 17.7. The van der Waals surface area contributed by atoms with Gasteiger partial charge in [-0.15, -0.1) is 0 Å². The monoisotopic (exact) mass is 367 g/mol. The Morgan fingerprint density at radius 1 is 1.22 bits per heavy atom. The predicted molar refractivity (Wildman–Crippen MR) is 102 cm³/mol. The van der Waals surface area contributed by atoms with Crippen molar-refractivity contribution >= 4 is 16.9 Å². The van der Waals surface area contributed by atoms with E-state index >= 15 is 0 Å². The van der Waals surface area contributed by atoms with Crippen LogP contribution in [0.15, 0.2) is 59.0 Å². The molecule has 27 heavy (non-hydrogen) atoms. The first-order valence-corrected chi connectivity index (χ1v) is 9.46. The summed E-state index contributed by atoms with van der Waals surface area (Å²) in [5.41, 5.74) is 1.48. The average molecular weight is 367 g/mol. The number of amides is 1. The summed E-state index contributed by atoms with van der Waals surface area (Å²) >= 11 is 0. The van der Waals surface area contributed by atoms with Crippen LogP contribution in [0.25, 0.3) is 11.0 Å². The number of furan rings is 1. The van der Waals surface area contributed by atoms with E-state index in [0.29, 0.717) is 24.7 Å². The smallest absolute Gasteiger partial charge is 0.275 e. The molecule has 0 aliphatic heterocycles. The van der Waals surface area contributed by atoms with E-state index in [1.54, 1.807) is 12.1 Å². The van der Waals surface area contributed by atoms with Crippen molar-refractivity contribution in [2.24, 2.45) is 0 Å². The van der Waals surface area contributed by atoms with Crippen molar-refractivity contribution in [3.05, 3.63) is 71.7 Å². The third-order valence-electron chi connectivity index (χ3n) is 5.17. The standard InChI is InChI=1S/C22H23FN2O2/c1-15(21-12-16-6-3-5-9-20(16)27-21)24-22(26)14-25(18-10-11-18)13-17-7-2-4-8-19(17)23/h2-9,12,15,18H,10-11,13-14H2,1H3,(H,24,26)/p+1/t15-/m0/s1. The molecular formula is C22H24FN2O2+. The number of rotatable bonds is 7. The summed E-state index contributed by atoms with van der Waals surface area (Å²) in [4.78, 5) is 13.7. The van der Waals surface area contributed by atoms with Crippen LogP contribution in [0.4, 0.5) is 4.39 Å². The number of hydrogen-bond donors (Lipinski definition) is 2. The molecular weight excluding hydrogens is 343 g/mol. The normalized spacial score (nSPS) is 16.2. The second-order valence-corrected chi connectivity index (χ2v) is 7.35. The lowest BCUT2D eigenvalue weighted by atomic mass is 10.2. The molecule has 4 rings (SSSR count). The number of carbonyl (C=O) groups is 1. The Labute approximate surface area is 158 Å². The van der Waals surface area contributed by atoms with Crippen molar-refractivity contribution in [1.82, 2.24) is 5.32 Å². The van der Waals surface area contributed by atoms with Crippen LogP contribution in [-0.2, 0) is 11.3 Å². The second-order valence-electron chi connectivity index (χ2n) is 7.35. The SMILES string of the molecule is C[C@H](NC(=O)C[NH+](Cc1ccccc1F)C1CC1)c1cc2ccccc2o1. The number of fused-ring (bicyclic) bond motifs is 1. The number of benzene rings is 2. The van der Waals surface area contributed by atoms with Crippen LogP contribution in [-0.4, -0.2) is 18.5 Å². The van der Waals surface area contributed by atoms with Gasteiger partial charge in [0.25, 0.3) is 5.91 Å². The molecule has 2 aromatic carbocycles. The van der Waals surface area contributed by atoms with Crippen LogP contribution in [0.5, 0.6) is 0 Å². The van der Waals surface area contributed by atoms with Gasteiger partial charge in [-0.05, 0) is 25.1 Å². The van der Waals surface area contributed by atoms with E-state index in [9.17, 15) is 9.18 Å². The lowest BCUT2D eigenvalue weighted by molar-refractivity contribution is -0.917. The van der Waals surface area contributed by atoms with Gasteiger partial charge >= 0.3 is 0 Å². The minimum Gasteiger partial charge on any atom is -0.459 e. The molecule has 1 unspecified atom stereocenters. The molecule has 1 aliphatic rings. The van der Waals surface area contributed by atoms with E-state index in [2.05, 4.69) is 5.32 Å². The van der Waals surface area contributed by atoms with Crippen LogP contribution in [0.1, 0.15) is 37.1 Å². The van der Waals surface area contributed by atoms with Crippen molar-refractivity contribution in [2.75, 3.05) is 6.54 Å². The van der Waals surface area contributed by atoms with Crippen LogP contribution in [0.3, 0.4) is 0 Å². The topological polar surface area (TPSA) is 46.7 Å². The lowest BCUT2D eigenvalue weighted by Gasteiger charge is -2.20. The Balaban J connectivity index is 1.40. The molecule has 3 aromatic rings. The summed E-state index contributed by atoms with van der Waals surface area (Å²) in [5.74, 6) is 0.500. The van der Waals surface area contributed by atoms with Gasteiger partial charge in [0, 0.05) is 23.8 Å². The van der Waals surface area contributed by atoms with Gasteiger partial charge in [-0.1, -0.05) is 36.4 Å². The zero-order valence-electron chi connectivity index (χ0n) is 15.4. The molecule has 1 aliphatic carbocycles. The Kier molecular flexibility index (Phi) is 4.94. The highest BCUT2D eigenvalue weighted by Crippen LogP contribution is 2.23. The maximum absolute atomic E-state index is 14.0. The van der Waals surface area contributed by atoms with E-state index in [0.717, 1.165) is 34.5 Å². The van der Waals surface area contributed by atoms with Crippen molar-refractivity contribution in [2.45, 2.75) is 38.4 Å². The fourth-order valence-corrected chi connectivity index (χ4v) is 3.51. The van der Waals surface area contributed by atoms with E-state index in [-0.39, 0.29) is 17.8 Å². The fraction of sp³-hybridized carbons (Fsp3) is 0.318. The van der Waals surface area contributed by atoms with Gasteiger partial charge in [-0.3, -0.25) is 4.79 Å². The molecule has 4 nitrogen and oxygen atoms in total. The molecule has 1 saturated carbocycles. The van der Waals surface area contributed by atoms with Crippen LogP contribution in [0.2, 0.25) is 0 Å². The number of quaternary nitrogens is 1. The molecule has 0 radical (unpaired) electrons. The first-order valence-electron chi connectivity index (χ1n) is 9.46. The quantitative estimate of drug-likeness (QED) is 0.674. The Hall–Kier alpha value is -2.66. The Bertz CT molecular complexity index is 915. The average Bonchev–Trinajstić information content (AvgIpc) is 3.41. The highest BCUT2D eigenvalue weighted by Gasteiger charge is 2.35. The van der Waals surface area contributed by atoms with E-state index < -0.39 is 0 Å². The van der Waals surface area contributed by atoms with Crippen molar-refractivity contribution in [3.63, 3.8) is 0 Å². The number of nitrogens with one attached hydrogen (secondary N) is 2. The maximum Gasteiger partial charge on any atom is 0.275 e. The van der Waals surface area contributed by atoms with E-state index in [1.165, 1.54) is 6.07 Å². The largest absolute Gasteiger partial charge is 0.459 e. The van der Waals surface area contributed by atoms with Gasteiger partial charge < -0.3 is 14.6 Å². The minimum absolute atomic E-state index is 0.0406. The van der Waals surface area contributed by atoms with Gasteiger partial charge in [-0.25, -0.2) is 4.39 Å². The van der Waals surface area contributed by atoms with Gasteiger partial charge in [0.05, 0.1) is 12.1 Å². The van der Waals surface area contributed by atoms with Crippen molar-refractivity contribution < 1.29 is 18.5 Å². The molecule has 140 valence electrons. The summed E-state index contributed by atoms with van der Waals surface area (Å²) in [6, 6.07) is 16.8. The first-order chi connectivity index (χ1) is 13.1. The molecule has 0 spiro atoms. The molecule has 1 aromatic heterocycles. The third-order valence-corrected chi connectivity index (χ3v) is 5.17. The number of halogens is 1. The molecule has 0 saturated heterocycles. The predicted octanol–water partition coefficient (Wildman–Crippen LogP) is 3.00. The number of hydrogen-bond acceptors (Lipinski definition) is 2. The summed E-state index contributed by atoms with van der Waals surface area (Å²) in [6.45, 7) is 2.79. The van der Waals surface area contributed by atoms with E-state index in [4.69, 9.17) is 4.42 Å². The number of carbonyl (C=O) groups excluding carboxylic acids is 1. The van der Waals surface area contributed by atoms with Crippen LogP contribution < -0.4 is 10.2 Å². The summed E-state index contributed by atoms with van der Waals surface area (Å²) in [7, 11) is 0. The number of para-hydroxylation sites is 1. The zero-order valence-corrected chi connectivity index (χ0v) is 15.4. The third kappa shape index (κ3) is 4.19. The highest BCUT2D eigenvalue weighted by molar-refractivity contribution is 5.79. The van der Waals surface area contributed by atoms with Crippen molar-refractivity contribution in [3.8, 4) is 0 Å². The van der Waals surface area contributed by atoms with Crippen LogP contribution >= 0.6 is 0 Å². The Morgan fingerprint density at radius 2 is 1.96 bits per heavy atom. The van der Waals surface area contributed by atoms with E-state index in [1.807, 2.05) is 43.3 Å². The molecule has 1 heterocycles. The molecule has 5 heteroatoms. The van der Waals surface area contributed by atoms with Crippen molar-refractivity contribution in [1.29, 1.82) is 0 Å². The second kappa shape index (κ2) is 7.53. The Morgan fingerprint density at radius 3 is 2.70 bits per heavy atom. The highest BCUT2D eigenvalue weighted by atomic mass is 19.1. The van der Waals surface area contributed by atoms with Crippen LogP contribution in [0, 0.1) is 5.82 Å². The molecule has 0 bridgehead atoms. The fourth-order valence-electron chi connectivity index (χ4n) is 3.51. The molecule has 2 N–H and O–H groups in total. The van der Waals surface area contributed by atoms with Gasteiger partial charge in [0.1, 0.15) is 23.7 Å². The van der Waals surface area contributed by atoms with Gasteiger partial charge in [-0.2, -0.15) is 0 Å². The summed E-state index contributed by atoms with van der Waals surface area (Å²) in [5, 5.41) is 4.05.